The topological polar surface area (TPSA) is 112 Å². The number of piperidine rings is 1. The normalized spacial score (nSPS) is 24.3. The van der Waals surface area contributed by atoms with Crippen LogP contribution in [0.5, 0.6) is 0 Å². The number of H-pyrrole nitrogens is 1. The minimum atomic E-state index is -0.200. The van der Waals surface area contributed by atoms with E-state index in [1.165, 1.54) is 6.42 Å². The van der Waals surface area contributed by atoms with Gasteiger partial charge in [0.15, 0.2) is 0 Å². The third-order valence-electron chi connectivity index (χ3n) is 7.77. The predicted octanol–water partition coefficient (Wildman–Crippen LogP) is 3.92. The first-order valence-electron chi connectivity index (χ1n) is 12.2. The van der Waals surface area contributed by atoms with Gasteiger partial charge in [0.25, 0.3) is 0 Å². The first-order valence-corrected chi connectivity index (χ1v) is 12.2. The van der Waals surface area contributed by atoms with E-state index >= 15 is 0 Å². The number of aromatic amines is 1. The Balaban J connectivity index is 1.24. The molecule has 9 heteroatoms. The van der Waals surface area contributed by atoms with Gasteiger partial charge in [-0.25, -0.2) is 4.79 Å². The van der Waals surface area contributed by atoms with Gasteiger partial charge < -0.3 is 15.3 Å². The second-order valence-electron chi connectivity index (χ2n) is 10.1. The zero-order valence-electron chi connectivity index (χ0n) is 18.8. The number of aromatic nitrogens is 5. The Kier molecular flexibility index (Phi) is 5.09. The lowest BCUT2D eigenvalue weighted by atomic mass is 9.87. The zero-order chi connectivity index (χ0) is 22.4. The predicted molar refractivity (Wildman–Crippen MR) is 125 cm³/mol. The van der Waals surface area contributed by atoms with E-state index in [9.17, 15) is 9.90 Å². The van der Waals surface area contributed by atoms with Crippen LogP contribution in [0.2, 0.25) is 0 Å². The largest absolute Gasteiger partial charge is 0.393 e. The van der Waals surface area contributed by atoms with E-state index in [1.807, 2.05) is 28.0 Å². The minimum Gasteiger partial charge on any atom is -0.393 e. The monoisotopic (exact) mass is 449 g/mol. The fraction of sp³-hybridized carbons (Fsp3) is 0.583. The van der Waals surface area contributed by atoms with Crippen molar-refractivity contribution in [2.24, 2.45) is 5.92 Å². The summed E-state index contributed by atoms with van der Waals surface area (Å²) in [4.78, 5) is 19.7. The van der Waals surface area contributed by atoms with Crippen molar-refractivity contribution in [3.8, 4) is 11.4 Å². The molecular formula is C24H31N7O2. The van der Waals surface area contributed by atoms with Gasteiger partial charge in [-0.15, -0.1) is 0 Å². The number of carbonyl (C=O) groups is 1. The van der Waals surface area contributed by atoms with Gasteiger partial charge in [0.1, 0.15) is 5.69 Å². The summed E-state index contributed by atoms with van der Waals surface area (Å²) in [5, 5.41) is 25.9. The van der Waals surface area contributed by atoms with Crippen molar-refractivity contribution in [3.05, 3.63) is 24.7 Å². The Labute approximate surface area is 192 Å². The number of carbonyl (C=O) groups excluding carboxylic acids is 1. The average Bonchev–Trinajstić information content (AvgIpc) is 3.24. The molecule has 3 aromatic rings. The smallest absolute Gasteiger partial charge is 0.322 e. The molecule has 0 radical (unpaired) electrons. The Morgan fingerprint density at radius 3 is 2.94 bits per heavy atom. The van der Waals surface area contributed by atoms with E-state index in [0.29, 0.717) is 17.3 Å². The van der Waals surface area contributed by atoms with Crippen LogP contribution in [0.25, 0.3) is 22.3 Å². The molecule has 0 unspecified atom stereocenters. The third-order valence-corrected chi connectivity index (χ3v) is 7.77. The molecule has 3 aromatic heterocycles. The molecule has 33 heavy (non-hydrogen) atoms. The van der Waals surface area contributed by atoms with E-state index in [4.69, 9.17) is 0 Å². The fourth-order valence-electron chi connectivity index (χ4n) is 5.76. The van der Waals surface area contributed by atoms with Crippen LogP contribution in [0, 0.1) is 5.92 Å². The molecule has 1 spiro atoms. The average molecular weight is 450 g/mol. The summed E-state index contributed by atoms with van der Waals surface area (Å²) >= 11 is 0. The van der Waals surface area contributed by atoms with Gasteiger partial charge in [0.2, 0.25) is 0 Å². The quantitative estimate of drug-likeness (QED) is 0.559. The second kappa shape index (κ2) is 8.13. The molecule has 0 aromatic carbocycles. The molecule has 3 aliphatic rings. The zero-order valence-corrected chi connectivity index (χ0v) is 18.8. The van der Waals surface area contributed by atoms with Crippen LogP contribution in [0.4, 0.5) is 10.5 Å². The van der Waals surface area contributed by atoms with E-state index < -0.39 is 0 Å². The fourth-order valence-corrected chi connectivity index (χ4v) is 5.76. The first-order chi connectivity index (χ1) is 16.1. The van der Waals surface area contributed by atoms with E-state index in [-0.39, 0.29) is 17.7 Å². The molecule has 3 N–H and O–H groups in total. The van der Waals surface area contributed by atoms with Gasteiger partial charge in [-0.2, -0.15) is 10.2 Å². The molecule has 2 atom stereocenters. The summed E-state index contributed by atoms with van der Waals surface area (Å²) < 4.78 is 2.02. The second-order valence-corrected chi connectivity index (χ2v) is 10.1. The number of nitrogens with one attached hydrogen (secondary N) is 2. The van der Waals surface area contributed by atoms with Gasteiger partial charge in [-0.3, -0.25) is 14.8 Å². The number of rotatable bonds is 4. The highest BCUT2D eigenvalue weighted by atomic mass is 16.3. The summed E-state index contributed by atoms with van der Waals surface area (Å²) in [6.07, 6.45) is 14.6. The number of fused-ring (bicyclic) bond motifs is 1. The summed E-state index contributed by atoms with van der Waals surface area (Å²) in [7, 11) is 0. The number of urea groups is 1. The number of pyridine rings is 1. The third kappa shape index (κ3) is 3.88. The number of likely N-dealkylation sites (tertiary alicyclic amines) is 1. The summed E-state index contributed by atoms with van der Waals surface area (Å²) in [5.41, 5.74) is 3.16. The van der Waals surface area contributed by atoms with Gasteiger partial charge in [0, 0.05) is 30.2 Å². The van der Waals surface area contributed by atoms with Crippen molar-refractivity contribution in [1.29, 1.82) is 0 Å². The van der Waals surface area contributed by atoms with Crippen LogP contribution in [-0.2, 0) is 6.54 Å². The van der Waals surface area contributed by atoms with Gasteiger partial charge in [-0.1, -0.05) is 6.42 Å². The number of aliphatic hydroxyl groups is 1. The lowest BCUT2D eigenvalue weighted by Crippen LogP contribution is -2.47. The van der Waals surface area contributed by atoms with Crippen LogP contribution in [0.15, 0.2) is 24.7 Å². The molecule has 1 saturated heterocycles. The molecule has 2 amide bonds. The Morgan fingerprint density at radius 1 is 1.18 bits per heavy atom. The van der Waals surface area contributed by atoms with Gasteiger partial charge in [-0.05, 0) is 63.4 Å². The highest BCUT2D eigenvalue weighted by Crippen LogP contribution is 2.48. The minimum absolute atomic E-state index is 0.0446. The molecule has 2 saturated carbocycles. The number of aliphatic hydroxyl groups excluding tert-OH is 1. The molecule has 9 nitrogen and oxygen atoms in total. The maximum absolute atomic E-state index is 13.1. The van der Waals surface area contributed by atoms with Gasteiger partial charge in [0.05, 0.1) is 35.4 Å². The van der Waals surface area contributed by atoms with Crippen molar-refractivity contribution in [3.63, 3.8) is 0 Å². The molecule has 4 heterocycles. The standard InChI is InChI=1S/C24H31N7O2/c32-18-5-3-4-16(10-18)15-31-21-11-19(25-12-17(21)13-27-31)22-20(14-26-29-22)28-23(33)30-9-2-1-6-24(30)7-8-24/h11-14,16,18,32H,1-10,15H2,(H,26,29)(H,28,33)/t16-,18-/m1/s1. The molecule has 1 aliphatic heterocycles. The maximum atomic E-state index is 13.1. The SMILES string of the molecule is O=C(Nc1cn[nH]c1-c1cc2c(cn1)cnn2C[C@@H]1CCC[C@@H](O)C1)N1CCCCC12CC2. The van der Waals surface area contributed by atoms with Gasteiger partial charge >= 0.3 is 6.03 Å². The van der Waals surface area contributed by atoms with Crippen molar-refractivity contribution in [2.45, 2.75) is 76.0 Å². The molecule has 174 valence electrons. The van der Waals surface area contributed by atoms with Crippen LogP contribution >= 0.6 is 0 Å². The van der Waals surface area contributed by atoms with E-state index in [2.05, 4.69) is 25.6 Å². The first kappa shape index (κ1) is 20.7. The Morgan fingerprint density at radius 2 is 2.09 bits per heavy atom. The number of amides is 2. The van der Waals surface area contributed by atoms with Crippen molar-refractivity contribution >= 4 is 22.6 Å². The molecular weight excluding hydrogens is 418 g/mol. The van der Waals surface area contributed by atoms with Crippen LogP contribution in [-0.4, -0.2) is 59.2 Å². The summed E-state index contributed by atoms with van der Waals surface area (Å²) in [6, 6.07) is 1.96. The number of hydrogen-bond acceptors (Lipinski definition) is 5. The van der Waals surface area contributed by atoms with Crippen molar-refractivity contribution in [1.82, 2.24) is 29.9 Å². The van der Waals surface area contributed by atoms with Crippen LogP contribution < -0.4 is 5.32 Å². The van der Waals surface area contributed by atoms with Crippen LogP contribution in [0.3, 0.4) is 0 Å². The number of nitrogens with zero attached hydrogens (tertiary/aromatic N) is 5. The lowest BCUT2D eigenvalue weighted by Gasteiger charge is -2.36. The molecule has 3 fully saturated rings. The Hall–Kier alpha value is -2.94. The summed E-state index contributed by atoms with van der Waals surface area (Å²) in [6.45, 7) is 1.60. The maximum Gasteiger partial charge on any atom is 0.322 e. The highest BCUT2D eigenvalue weighted by Gasteiger charge is 2.51. The number of hydrogen-bond donors (Lipinski definition) is 3. The molecule has 0 bridgehead atoms. The number of anilines is 1. The molecule has 2 aliphatic carbocycles. The van der Waals surface area contributed by atoms with Crippen molar-refractivity contribution in [2.75, 3.05) is 11.9 Å². The summed E-state index contributed by atoms with van der Waals surface area (Å²) in [5.74, 6) is 0.426. The van der Waals surface area contributed by atoms with Crippen LogP contribution in [0.1, 0.15) is 57.8 Å². The van der Waals surface area contributed by atoms with E-state index in [1.54, 1.807) is 6.20 Å². The molecule has 6 rings (SSSR count). The Bertz CT molecular complexity index is 1160. The lowest BCUT2D eigenvalue weighted by molar-refractivity contribution is 0.0946. The highest BCUT2D eigenvalue weighted by molar-refractivity contribution is 5.94. The van der Waals surface area contributed by atoms with E-state index in [0.717, 1.165) is 81.1 Å². The van der Waals surface area contributed by atoms with Crippen molar-refractivity contribution < 1.29 is 9.90 Å².